The van der Waals surface area contributed by atoms with Crippen molar-refractivity contribution in [2.75, 3.05) is 38.1 Å². The van der Waals surface area contributed by atoms with Gasteiger partial charge in [-0.3, -0.25) is 14.3 Å². The van der Waals surface area contributed by atoms with E-state index in [4.69, 9.17) is 10.1 Å². The molecule has 3 aromatic heterocycles. The lowest BCUT2D eigenvalue weighted by Gasteiger charge is -2.33. The number of amides is 1. The van der Waals surface area contributed by atoms with Gasteiger partial charge in [-0.05, 0) is 82.6 Å². The van der Waals surface area contributed by atoms with Crippen LogP contribution in [0, 0.1) is 13.8 Å². The second kappa shape index (κ2) is 11.9. The van der Waals surface area contributed by atoms with Gasteiger partial charge in [-0.2, -0.15) is 5.10 Å². The van der Waals surface area contributed by atoms with E-state index in [9.17, 15) is 9.59 Å². The Balaban J connectivity index is 1.51. The summed E-state index contributed by atoms with van der Waals surface area (Å²) in [6, 6.07) is 10.3. The Morgan fingerprint density at radius 3 is 2.49 bits per heavy atom. The summed E-state index contributed by atoms with van der Waals surface area (Å²) in [6.45, 7) is 14.2. The molecule has 1 saturated heterocycles. The molecule has 0 spiro atoms. The van der Waals surface area contributed by atoms with E-state index in [2.05, 4.69) is 66.1 Å². The van der Waals surface area contributed by atoms with E-state index < -0.39 is 0 Å². The average Bonchev–Trinajstić information content (AvgIpc) is 3.29. The number of nitrogens with one attached hydrogen (secondary N) is 2. The van der Waals surface area contributed by atoms with E-state index in [1.807, 2.05) is 36.9 Å². The Kier molecular flexibility index (Phi) is 8.26. The third kappa shape index (κ3) is 5.91. The Hall–Kier alpha value is -3.98. The Morgan fingerprint density at radius 2 is 1.83 bits per heavy atom. The fourth-order valence-electron chi connectivity index (χ4n) is 5.71. The summed E-state index contributed by atoms with van der Waals surface area (Å²) in [5.41, 5.74) is 6.35. The molecular formula is C32H41N7O2. The quantitative estimate of drug-likeness (QED) is 0.329. The molecule has 0 bridgehead atoms. The average molecular weight is 556 g/mol. The molecule has 41 heavy (non-hydrogen) atoms. The summed E-state index contributed by atoms with van der Waals surface area (Å²) >= 11 is 0. The van der Waals surface area contributed by atoms with Crippen molar-refractivity contribution in [2.45, 2.75) is 60.0 Å². The zero-order valence-corrected chi connectivity index (χ0v) is 25.0. The molecule has 1 amide bonds. The van der Waals surface area contributed by atoms with Gasteiger partial charge in [0.25, 0.3) is 11.5 Å². The zero-order chi connectivity index (χ0) is 29.3. The lowest BCUT2D eigenvalue weighted by Crippen LogP contribution is -2.44. The monoisotopic (exact) mass is 555 g/mol. The van der Waals surface area contributed by atoms with Crippen molar-refractivity contribution in [2.24, 2.45) is 0 Å². The molecule has 5 rings (SSSR count). The number of aromatic nitrogens is 4. The predicted molar refractivity (Wildman–Crippen MR) is 165 cm³/mol. The summed E-state index contributed by atoms with van der Waals surface area (Å²) in [5.74, 6) is 0.739. The summed E-state index contributed by atoms with van der Waals surface area (Å²) in [7, 11) is 2.14. The van der Waals surface area contributed by atoms with Crippen LogP contribution in [0.25, 0.3) is 22.0 Å². The second-order valence-electron chi connectivity index (χ2n) is 11.5. The smallest absolute Gasteiger partial charge is 0.253 e. The van der Waals surface area contributed by atoms with Crippen molar-refractivity contribution in [3.8, 4) is 11.1 Å². The van der Waals surface area contributed by atoms with Gasteiger partial charge < -0.3 is 20.1 Å². The molecule has 4 aromatic rings. The SMILES string of the molecule is CCCc1cc(C)[nH]c(=O)c1CNC(=O)c1cc(-c2ccc(N3CCN(C)CC3)nc2)cc2c1c(C)nn2C(C)C. The zero-order valence-electron chi connectivity index (χ0n) is 25.0. The van der Waals surface area contributed by atoms with Crippen LogP contribution in [0.1, 0.15) is 66.1 Å². The number of carbonyl (C=O) groups excluding carboxylic acids is 1. The van der Waals surface area contributed by atoms with E-state index >= 15 is 0 Å². The summed E-state index contributed by atoms with van der Waals surface area (Å²) < 4.78 is 1.97. The lowest BCUT2D eigenvalue weighted by atomic mass is 9.99. The van der Waals surface area contributed by atoms with E-state index in [0.29, 0.717) is 11.1 Å². The van der Waals surface area contributed by atoms with E-state index in [0.717, 1.165) is 83.8 Å². The molecule has 9 heteroatoms. The first-order valence-corrected chi connectivity index (χ1v) is 14.6. The molecular weight excluding hydrogens is 514 g/mol. The van der Waals surface area contributed by atoms with Gasteiger partial charge in [0.2, 0.25) is 0 Å². The minimum absolute atomic E-state index is 0.123. The van der Waals surface area contributed by atoms with Crippen LogP contribution >= 0.6 is 0 Å². The van der Waals surface area contributed by atoms with Crippen molar-refractivity contribution < 1.29 is 4.79 Å². The fourth-order valence-corrected chi connectivity index (χ4v) is 5.71. The largest absolute Gasteiger partial charge is 0.354 e. The highest BCUT2D eigenvalue weighted by Crippen LogP contribution is 2.32. The van der Waals surface area contributed by atoms with E-state index in [1.165, 1.54) is 0 Å². The minimum Gasteiger partial charge on any atom is -0.354 e. The number of rotatable bonds is 8. The fraction of sp³-hybridized carbons (Fsp3) is 0.438. The molecule has 0 aliphatic carbocycles. The first-order valence-electron chi connectivity index (χ1n) is 14.6. The molecule has 0 saturated carbocycles. The number of aromatic amines is 1. The molecule has 4 heterocycles. The molecule has 9 nitrogen and oxygen atoms in total. The maximum absolute atomic E-state index is 13.8. The van der Waals surface area contributed by atoms with Gasteiger partial charge in [0.1, 0.15) is 5.82 Å². The number of fused-ring (bicyclic) bond motifs is 1. The molecule has 1 aromatic carbocycles. The number of piperazine rings is 1. The molecule has 0 unspecified atom stereocenters. The molecule has 2 N–H and O–H groups in total. The number of benzene rings is 1. The van der Waals surface area contributed by atoms with Gasteiger partial charge in [-0.25, -0.2) is 4.98 Å². The van der Waals surface area contributed by atoms with E-state index in [-0.39, 0.29) is 24.1 Å². The number of hydrogen-bond donors (Lipinski definition) is 2. The standard InChI is InChI=1S/C32H41N7O2/c1-7-8-23-15-21(4)35-32(41)27(23)19-34-31(40)26-16-25(17-28-30(26)22(5)36-39(28)20(2)3)24-9-10-29(33-18-24)38-13-11-37(6)12-14-38/h9-10,15-18,20H,7-8,11-14,19H2,1-6H3,(H,34,40)(H,35,41). The van der Waals surface area contributed by atoms with Crippen LogP contribution < -0.4 is 15.8 Å². The van der Waals surface area contributed by atoms with Gasteiger partial charge in [0, 0.05) is 67.2 Å². The number of aryl methyl sites for hydroxylation is 3. The number of anilines is 1. The maximum atomic E-state index is 13.8. The van der Waals surface area contributed by atoms with Crippen LogP contribution in [0.5, 0.6) is 0 Å². The van der Waals surface area contributed by atoms with Crippen molar-refractivity contribution in [3.05, 3.63) is 75.0 Å². The summed E-state index contributed by atoms with van der Waals surface area (Å²) in [4.78, 5) is 38.9. The van der Waals surface area contributed by atoms with Crippen LogP contribution in [0.4, 0.5) is 5.82 Å². The molecule has 0 radical (unpaired) electrons. The van der Waals surface area contributed by atoms with E-state index in [1.54, 1.807) is 0 Å². The second-order valence-corrected chi connectivity index (χ2v) is 11.5. The van der Waals surface area contributed by atoms with Crippen molar-refractivity contribution in [1.29, 1.82) is 0 Å². The van der Waals surface area contributed by atoms with Crippen LogP contribution in [-0.2, 0) is 13.0 Å². The van der Waals surface area contributed by atoms with Crippen molar-refractivity contribution >= 4 is 22.6 Å². The van der Waals surface area contributed by atoms with Crippen molar-refractivity contribution in [1.82, 2.24) is 30.0 Å². The minimum atomic E-state index is -0.229. The van der Waals surface area contributed by atoms with Crippen LogP contribution in [0.15, 0.2) is 41.3 Å². The van der Waals surface area contributed by atoms with Crippen LogP contribution in [0.3, 0.4) is 0 Å². The number of hydrogen-bond acceptors (Lipinski definition) is 6. The molecule has 0 atom stereocenters. The van der Waals surface area contributed by atoms with Gasteiger partial charge in [-0.1, -0.05) is 13.3 Å². The Morgan fingerprint density at radius 1 is 1.07 bits per heavy atom. The number of pyridine rings is 2. The topological polar surface area (TPSA) is 99.2 Å². The highest BCUT2D eigenvalue weighted by Gasteiger charge is 2.21. The van der Waals surface area contributed by atoms with Gasteiger partial charge >= 0.3 is 0 Å². The highest BCUT2D eigenvalue weighted by atomic mass is 16.1. The Labute approximate surface area is 241 Å². The molecule has 1 fully saturated rings. The molecule has 216 valence electrons. The molecule has 1 aliphatic heterocycles. The highest BCUT2D eigenvalue weighted by molar-refractivity contribution is 6.09. The van der Waals surface area contributed by atoms with Crippen molar-refractivity contribution in [3.63, 3.8) is 0 Å². The van der Waals surface area contributed by atoms with Crippen LogP contribution in [0.2, 0.25) is 0 Å². The maximum Gasteiger partial charge on any atom is 0.253 e. The number of H-pyrrole nitrogens is 1. The lowest BCUT2D eigenvalue weighted by molar-refractivity contribution is 0.0952. The van der Waals surface area contributed by atoms with Gasteiger partial charge in [0.15, 0.2) is 0 Å². The third-order valence-electron chi connectivity index (χ3n) is 7.93. The van der Waals surface area contributed by atoms with Gasteiger partial charge in [-0.15, -0.1) is 0 Å². The number of nitrogens with zero attached hydrogens (tertiary/aromatic N) is 5. The molecule has 1 aliphatic rings. The normalized spacial score (nSPS) is 14.3. The van der Waals surface area contributed by atoms with Crippen LogP contribution in [-0.4, -0.2) is 63.8 Å². The Bertz CT molecular complexity index is 1610. The summed E-state index contributed by atoms with van der Waals surface area (Å²) in [6.07, 6.45) is 3.59. The first kappa shape index (κ1) is 28.5. The first-order chi connectivity index (χ1) is 19.7. The number of carbonyl (C=O) groups is 1. The third-order valence-corrected chi connectivity index (χ3v) is 7.93. The van der Waals surface area contributed by atoms with Gasteiger partial charge in [0.05, 0.1) is 16.8 Å². The number of likely N-dealkylation sites (N-methyl/N-ethyl adjacent to an activating group) is 1. The summed E-state index contributed by atoms with van der Waals surface area (Å²) in [5, 5.41) is 8.66. The predicted octanol–water partition coefficient (Wildman–Crippen LogP) is 4.62.